The lowest BCUT2D eigenvalue weighted by atomic mass is 9.86. The van der Waals surface area contributed by atoms with E-state index in [1.165, 1.54) is 0 Å². The van der Waals surface area contributed by atoms with Crippen LogP contribution in [-0.2, 0) is 0 Å². The number of nitrogens with zero attached hydrogens (tertiary/aromatic N) is 2. The third-order valence-corrected chi connectivity index (χ3v) is 3.62. The third kappa shape index (κ3) is 3.06. The highest BCUT2D eigenvalue weighted by molar-refractivity contribution is 7.80. The Morgan fingerprint density at radius 3 is 2.62 bits per heavy atom. The van der Waals surface area contributed by atoms with E-state index < -0.39 is 0 Å². The Labute approximate surface area is 105 Å². The first kappa shape index (κ1) is 13.7. The molecule has 0 aliphatic carbocycles. The maximum atomic E-state index is 4.66. The Balaban J connectivity index is 2.88. The van der Waals surface area contributed by atoms with Crippen LogP contribution in [0.25, 0.3) is 0 Å². The summed E-state index contributed by atoms with van der Waals surface area (Å²) < 4.78 is 0. The molecule has 0 amide bonds. The van der Waals surface area contributed by atoms with Crippen molar-refractivity contribution in [2.45, 2.75) is 46.2 Å². The average molecular weight is 243 g/mol. The molecule has 1 fully saturated rings. The van der Waals surface area contributed by atoms with Crippen molar-refractivity contribution in [3.63, 3.8) is 0 Å². The SMILES string of the molecule is CCN1CC(CS)C(C)(C)NC1=NC(C)C. The number of nitrogens with one attached hydrogen (secondary N) is 1. The smallest absolute Gasteiger partial charge is 0.194 e. The summed E-state index contributed by atoms with van der Waals surface area (Å²) in [6, 6.07) is 0.333. The van der Waals surface area contributed by atoms with Gasteiger partial charge in [0, 0.05) is 30.6 Å². The van der Waals surface area contributed by atoms with Crippen LogP contribution in [0.2, 0.25) is 0 Å². The Bertz CT molecular complexity index is 261. The molecule has 1 aliphatic heterocycles. The zero-order valence-electron chi connectivity index (χ0n) is 11.1. The van der Waals surface area contributed by atoms with Crippen LogP contribution in [0, 0.1) is 5.92 Å². The second-order valence-corrected chi connectivity index (χ2v) is 5.68. The minimum absolute atomic E-state index is 0.0845. The van der Waals surface area contributed by atoms with Gasteiger partial charge >= 0.3 is 0 Å². The van der Waals surface area contributed by atoms with Crippen molar-refractivity contribution in [2.75, 3.05) is 18.8 Å². The van der Waals surface area contributed by atoms with Crippen LogP contribution in [0.3, 0.4) is 0 Å². The number of hydrogen-bond acceptors (Lipinski definition) is 2. The highest BCUT2D eigenvalue weighted by Crippen LogP contribution is 2.24. The van der Waals surface area contributed by atoms with Gasteiger partial charge in [0.1, 0.15) is 0 Å². The lowest BCUT2D eigenvalue weighted by Crippen LogP contribution is -2.63. The molecule has 1 atom stereocenters. The lowest BCUT2D eigenvalue weighted by molar-refractivity contribution is 0.203. The van der Waals surface area contributed by atoms with Crippen molar-refractivity contribution >= 4 is 18.6 Å². The van der Waals surface area contributed by atoms with Gasteiger partial charge in [-0.1, -0.05) is 0 Å². The van der Waals surface area contributed by atoms with Crippen LogP contribution in [0.1, 0.15) is 34.6 Å². The van der Waals surface area contributed by atoms with E-state index in [0.29, 0.717) is 12.0 Å². The molecule has 1 heterocycles. The van der Waals surface area contributed by atoms with Gasteiger partial charge in [-0.05, 0) is 40.4 Å². The molecule has 4 heteroatoms. The molecule has 1 rings (SSSR count). The van der Waals surface area contributed by atoms with Gasteiger partial charge in [-0.15, -0.1) is 0 Å². The molecule has 0 spiro atoms. The standard InChI is InChI=1S/C12H25N3S/c1-6-15-7-10(8-16)12(4,5)14-11(15)13-9(2)3/h9-10,16H,6-8H2,1-5H3,(H,13,14). The summed E-state index contributed by atoms with van der Waals surface area (Å²) in [4.78, 5) is 6.97. The van der Waals surface area contributed by atoms with E-state index in [-0.39, 0.29) is 5.54 Å². The topological polar surface area (TPSA) is 27.6 Å². The van der Waals surface area contributed by atoms with Crippen LogP contribution in [0.4, 0.5) is 0 Å². The number of hydrogen-bond donors (Lipinski definition) is 2. The number of aliphatic imine (C=N–C) groups is 1. The Kier molecular flexibility index (Phi) is 4.53. The molecule has 1 aliphatic rings. The third-order valence-electron chi connectivity index (χ3n) is 3.18. The minimum atomic E-state index is 0.0845. The van der Waals surface area contributed by atoms with Gasteiger partial charge in [0.2, 0.25) is 0 Å². The molecular formula is C12H25N3S. The van der Waals surface area contributed by atoms with Crippen LogP contribution in [-0.4, -0.2) is 41.3 Å². The quantitative estimate of drug-likeness (QED) is 0.742. The van der Waals surface area contributed by atoms with Crippen molar-refractivity contribution in [1.82, 2.24) is 10.2 Å². The zero-order valence-corrected chi connectivity index (χ0v) is 12.0. The first-order valence-electron chi connectivity index (χ1n) is 6.12. The van der Waals surface area contributed by atoms with E-state index in [4.69, 9.17) is 0 Å². The summed E-state index contributed by atoms with van der Waals surface area (Å²) in [5.74, 6) is 2.51. The molecule has 94 valence electrons. The largest absolute Gasteiger partial charge is 0.351 e. The Morgan fingerprint density at radius 1 is 1.56 bits per heavy atom. The molecule has 0 aromatic rings. The van der Waals surface area contributed by atoms with Crippen molar-refractivity contribution < 1.29 is 0 Å². The lowest BCUT2D eigenvalue weighted by Gasteiger charge is -2.46. The van der Waals surface area contributed by atoms with E-state index in [1.807, 2.05) is 0 Å². The van der Waals surface area contributed by atoms with Crippen molar-refractivity contribution in [2.24, 2.45) is 10.9 Å². The molecular weight excluding hydrogens is 218 g/mol. The fourth-order valence-electron chi connectivity index (χ4n) is 1.97. The molecule has 16 heavy (non-hydrogen) atoms. The summed E-state index contributed by atoms with van der Waals surface area (Å²) in [5.41, 5.74) is 0.0845. The summed E-state index contributed by atoms with van der Waals surface area (Å²) in [7, 11) is 0. The van der Waals surface area contributed by atoms with E-state index in [0.717, 1.165) is 24.8 Å². The van der Waals surface area contributed by atoms with Gasteiger partial charge in [-0.3, -0.25) is 4.99 Å². The molecule has 0 saturated carbocycles. The average Bonchev–Trinajstić information content (AvgIpc) is 2.16. The van der Waals surface area contributed by atoms with Gasteiger partial charge in [0.25, 0.3) is 0 Å². The fraction of sp³-hybridized carbons (Fsp3) is 0.917. The van der Waals surface area contributed by atoms with Gasteiger partial charge in [0.05, 0.1) is 0 Å². The minimum Gasteiger partial charge on any atom is -0.351 e. The van der Waals surface area contributed by atoms with E-state index in [1.54, 1.807) is 0 Å². The molecule has 1 N–H and O–H groups in total. The molecule has 0 aromatic carbocycles. The maximum absolute atomic E-state index is 4.66. The highest BCUT2D eigenvalue weighted by atomic mass is 32.1. The normalized spacial score (nSPS) is 27.3. The van der Waals surface area contributed by atoms with Gasteiger partial charge in [0.15, 0.2) is 5.96 Å². The van der Waals surface area contributed by atoms with E-state index in [9.17, 15) is 0 Å². The van der Waals surface area contributed by atoms with Crippen LogP contribution in [0.15, 0.2) is 4.99 Å². The van der Waals surface area contributed by atoms with Crippen molar-refractivity contribution in [3.8, 4) is 0 Å². The van der Waals surface area contributed by atoms with Gasteiger partial charge < -0.3 is 10.2 Å². The van der Waals surface area contributed by atoms with Crippen LogP contribution >= 0.6 is 12.6 Å². The summed E-state index contributed by atoms with van der Waals surface area (Å²) in [6.07, 6.45) is 0. The number of rotatable bonds is 3. The maximum Gasteiger partial charge on any atom is 0.194 e. The van der Waals surface area contributed by atoms with E-state index >= 15 is 0 Å². The second-order valence-electron chi connectivity index (χ2n) is 5.31. The van der Waals surface area contributed by atoms with Gasteiger partial charge in [-0.25, -0.2) is 0 Å². The zero-order chi connectivity index (χ0) is 12.3. The van der Waals surface area contributed by atoms with Crippen LogP contribution < -0.4 is 5.32 Å². The molecule has 1 saturated heterocycles. The van der Waals surface area contributed by atoms with Crippen molar-refractivity contribution in [1.29, 1.82) is 0 Å². The predicted molar refractivity (Wildman–Crippen MR) is 74.4 cm³/mol. The number of thiol groups is 1. The van der Waals surface area contributed by atoms with Crippen molar-refractivity contribution in [3.05, 3.63) is 0 Å². The monoisotopic (exact) mass is 243 g/mol. The van der Waals surface area contributed by atoms with Gasteiger partial charge in [-0.2, -0.15) is 12.6 Å². The van der Waals surface area contributed by atoms with E-state index in [2.05, 4.69) is 62.5 Å². The first-order chi connectivity index (χ1) is 7.40. The molecule has 0 bridgehead atoms. The second kappa shape index (κ2) is 5.30. The molecule has 1 unspecified atom stereocenters. The Hall–Kier alpha value is -0.380. The molecule has 0 radical (unpaired) electrons. The Morgan fingerprint density at radius 2 is 2.19 bits per heavy atom. The fourth-order valence-corrected chi connectivity index (χ4v) is 2.55. The highest BCUT2D eigenvalue weighted by Gasteiger charge is 2.36. The first-order valence-corrected chi connectivity index (χ1v) is 6.75. The summed E-state index contributed by atoms with van der Waals surface area (Å²) in [5, 5.41) is 3.55. The van der Waals surface area contributed by atoms with Crippen LogP contribution in [0.5, 0.6) is 0 Å². The summed E-state index contributed by atoms with van der Waals surface area (Å²) in [6.45, 7) is 12.9. The number of guanidine groups is 1. The summed E-state index contributed by atoms with van der Waals surface area (Å²) >= 11 is 4.45. The predicted octanol–water partition coefficient (Wildman–Crippen LogP) is 2.00. The molecule has 0 aromatic heterocycles. The molecule has 3 nitrogen and oxygen atoms in total.